The number of hydrogen-bond donors (Lipinski definition) is 2. The van der Waals surface area contributed by atoms with Crippen LogP contribution in [0.2, 0.25) is 0 Å². The number of aliphatic carboxylic acids is 1. The Balaban J connectivity index is 3.03. The molecule has 6 nitrogen and oxygen atoms in total. The van der Waals surface area contributed by atoms with Crippen LogP contribution in [0.4, 0.5) is 13.2 Å². The number of sulfonamides is 1. The van der Waals surface area contributed by atoms with Crippen LogP contribution in [0.25, 0.3) is 0 Å². The van der Waals surface area contributed by atoms with Crippen molar-refractivity contribution in [1.29, 1.82) is 0 Å². The molecular weight excluding hydrogens is 339 g/mol. The second-order valence-corrected chi connectivity index (χ2v) is 6.83. The van der Waals surface area contributed by atoms with Gasteiger partial charge in [-0.15, -0.1) is 0 Å². The van der Waals surface area contributed by atoms with Crippen molar-refractivity contribution >= 4 is 16.0 Å². The minimum Gasteiger partial charge on any atom is -0.480 e. The van der Waals surface area contributed by atoms with E-state index in [2.05, 4.69) is 4.74 Å². The van der Waals surface area contributed by atoms with Crippen molar-refractivity contribution in [2.75, 3.05) is 0 Å². The molecule has 0 heterocycles. The summed E-state index contributed by atoms with van der Waals surface area (Å²) in [5.41, 5.74) is 0. The van der Waals surface area contributed by atoms with Gasteiger partial charge in [-0.2, -0.15) is 13.5 Å². The first-order chi connectivity index (χ1) is 10.5. The Kier molecular flexibility index (Phi) is 6.39. The van der Waals surface area contributed by atoms with Crippen LogP contribution in [-0.4, -0.2) is 32.1 Å². The van der Waals surface area contributed by atoms with Crippen LogP contribution in [0.3, 0.4) is 0 Å². The van der Waals surface area contributed by atoms with Gasteiger partial charge in [0, 0.05) is 0 Å². The van der Waals surface area contributed by atoms with Gasteiger partial charge in [-0.1, -0.05) is 13.8 Å². The summed E-state index contributed by atoms with van der Waals surface area (Å²) in [6.07, 6.45) is 0.0314. The first kappa shape index (κ1) is 19.2. The van der Waals surface area contributed by atoms with Crippen molar-refractivity contribution in [2.45, 2.75) is 37.8 Å². The van der Waals surface area contributed by atoms with Gasteiger partial charge in [-0.3, -0.25) is 4.79 Å². The standard InChI is InChI=1S/C13H16F3NO5S/c1-7(2)5-10(12(18)19)17-23(20,21)8-3-4-11(9(14)6-8)22-13(15)16/h3-4,6-7,10,13,17H,5H2,1-2H3,(H,18,19)/t10-/m0/s1. The van der Waals surface area contributed by atoms with Crippen LogP contribution >= 0.6 is 0 Å². The Labute approximate surface area is 131 Å². The van der Waals surface area contributed by atoms with Crippen LogP contribution in [0.1, 0.15) is 20.3 Å². The van der Waals surface area contributed by atoms with Gasteiger partial charge < -0.3 is 9.84 Å². The number of hydrogen-bond acceptors (Lipinski definition) is 4. The number of ether oxygens (including phenoxy) is 1. The Morgan fingerprint density at radius 3 is 2.39 bits per heavy atom. The first-order valence-corrected chi connectivity index (χ1v) is 8.00. The van der Waals surface area contributed by atoms with Gasteiger partial charge in [-0.25, -0.2) is 12.8 Å². The molecule has 0 unspecified atom stereocenters. The summed E-state index contributed by atoms with van der Waals surface area (Å²) in [5.74, 6) is -3.59. The highest BCUT2D eigenvalue weighted by Gasteiger charge is 2.27. The number of benzene rings is 1. The van der Waals surface area contributed by atoms with E-state index in [0.29, 0.717) is 6.07 Å². The van der Waals surface area contributed by atoms with E-state index in [0.717, 1.165) is 12.1 Å². The summed E-state index contributed by atoms with van der Waals surface area (Å²) in [5, 5.41) is 9.03. The van der Waals surface area contributed by atoms with E-state index in [1.165, 1.54) is 0 Å². The van der Waals surface area contributed by atoms with Crippen LogP contribution in [0.15, 0.2) is 23.1 Å². The SMILES string of the molecule is CC(C)C[C@H](NS(=O)(=O)c1ccc(OC(F)F)c(F)c1)C(=O)O. The molecule has 0 aliphatic carbocycles. The molecule has 0 fully saturated rings. The molecule has 130 valence electrons. The second-order valence-electron chi connectivity index (χ2n) is 5.11. The number of rotatable bonds is 8. The van der Waals surface area contributed by atoms with E-state index in [1.54, 1.807) is 13.8 Å². The molecule has 0 aromatic heterocycles. The third kappa shape index (κ3) is 5.71. The van der Waals surface area contributed by atoms with Gasteiger partial charge in [0.1, 0.15) is 6.04 Å². The van der Waals surface area contributed by atoms with Gasteiger partial charge in [0.15, 0.2) is 11.6 Å². The first-order valence-electron chi connectivity index (χ1n) is 6.52. The summed E-state index contributed by atoms with van der Waals surface area (Å²) in [4.78, 5) is 10.5. The lowest BCUT2D eigenvalue weighted by Crippen LogP contribution is -2.41. The molecule has 10 heteroatoms. The van der Waals surface area contributed by atoms with E-state index in [1.807, 2.05) is 4.72 Å². The van der Waals surface area contributed by atoms with E-state index in [4.69, 9.17) is 5.11 Å². The highest BCUT2D eigenvalue weighted by molar-refractivity contribution is 7.89. The molecule has 0 aliphatic rings. The molecule has 1 aromatic rings. The molecule has 1 rings (SSSR count). The molecule has 0 saturated heterocycles. The molecule has 0 spiro atoms. The maximum Gasteiger partial charge on any atom is 0.387 e. The maximum atomic E-state index is 13.6. The number of carbonyl (C=O) groups is 1. The fourth-order valence-electron chi connectivity index (χ4n) is 1.77. The molecule has 0 bridgehead atoms. The molecule has 23 heavy (non-hydrogen) atoms. The Bertz CT molecular complexity index is 664. The monoisotopic (exact) mass is 355 g/mol. The minimum absolute atomic E-state index is 0.0314. The van der Waals surface area contributed by atoms with E-state index in [-0.39, 0.29) is 12.3 Å². The lowest BCUT2D eigenvalue weighted by Gasteiger charge is -2.17. The summed E-state index contributed by atoms with van der Waals surface area (Å²) < 4.78 is 67.6. The quantitative estimate of drug-likeness (QED) is 0.746. The van der Waals surface area contributed by atoms with E-state index in [9.17, 15) is 26.4 Å². The molecule has 1 aromatic carbocycles. The maximum absolute atomic E-state index is 13.6. The highest BCUT2D eigenvalue weighted by Crippen LogP contribution is 2.23. The Morgan fingerprint density at radius 1 is 1.35 bits per heavy atom. The fourth-order valence-corrected chi connectivity index (χ4v) is 2.98. The second kappa shape index (κ2) is 7.64. The van der Waals surface area contributed by atoms with Crippen LogP contribution in [-0.2, 0) is 14.8 Å². The summed E-state index contributed by atoms with van der Waals surface area (Å²) >= 11 is 0. The number of halogens is 3. The van der Waals surface area contributed by atoms with Crippen LogP contribution < -0.4 is 9.46 Å². The topological polar surface area (TPSA) is 92.7 Å². The van der Waals surface area contributed by atoms with Crippen molar-refractivity contribution in [2.24, 2.45) is 5.92 Å². The van der Waals surface area contributed by atoms with Gasteiger partial charge in [0.25, 0.3) is 0 Å². The molecule has 0 amide bonds. The zero-order chi connectivity index (χ0) is 17.8. The van der Waals surface area contributed by atoms with Gasteiger partial charge >= 0.3 is 12.6 Å². The highest BCUT2D eigenvalue weighted by atomic mass is 32.2. The smallest absolute Gasteiger partial charge is 0.387 e. The van der Waals surface area contributed by atoms with Crippen molar-refractivity contribution < 1.29 is 36.2 Å². The fraction of sp³-hybridized carbons (Fsp3) is 0.462. The van der Waals surface area contributed by atoms with Crippen LogP contribution in [0, 0.1) is 11.7 Å². The van der Waals surface area contributed by atoms with Gasteiger partial charge in [-0.05, 0) is 30.5 Å². The third-order valence-corrected chi connectivity index (χ3v) is 4.20. The lowest BCUT2D eigenvalue weighted by molar-refractivity contribution is -0.139. The zero-order valence-corrected chi connectivity index (χ0v) is 13.1. The Morgan fingerprint density at radius 2 is 1.96 bits per heavy atom. The normalized spacial score (nSPS) is 13.3. The third-order valence-electron chi connectivity index (χ3n) is 2.73. The molecule has 0 aliphatic heterocycles. The largest absolute Gasteiger partial charge is 0.480 e. The predicted molar refractivity (Wildman–Crippen MR) is 74.2 cm³/mol. The average molecular weight is 355 g/mol. The summed E-state index contributed by atoms with van der Waals surface area (Å²) in [6.45, 7) is 0.160. The van der Waals surface area contributed by atoms with Gasteiger partial charge in [0.2, 0.25) is 10.0 Å². The predicted octanol–water partition coefficient (Wildman–Crippen LogP) is 2.20. The number of nitrogens with one attached hydrogen (secondary N) is 1. The Hall–Kier alpha value is -1.81. The number of alkyl halides is 2. The van der Waals surface area contributed by atoms with Gasteiger partial charge in [0.05, 0.1) is 4.90 Å². The number of carboxylic acids is 1. The molecule has 0 radical (unpaired) electrons. The zero-order valence-electron chi connectivity index (χ0n) is 12.3. The van der Waals surface area contributed by atoms with E-state index >= 15 is 0 Å². The van der Waals surface area contributed by atoms with Crippen molar-refractivity contribution in [3.8, 4) is 5.75 Å². The summed E-state index contributed by atoms with van der Waals surface area (Å²) in [6, 6.07) is 0.667. The summed E-state index contributed by atoms with van der Waals surface area (Å²) in [7, 11) is -4.33. The number of carboxylic acid groups (broad SMARTS) is 1. The minimum atomic E-state index is -4.33. The molecule has 2 N–H and O–H groups in total. The average Bonchev–Trinajstić information content (AvgIpc) is 2.38. The van der Waals surface area contributed by atoms with Crippen LogP contribution in [0.5, 0.6) is 5.75 Å². The molecular formula is C13H16F3NO5S. The van der Waals surface area contributed by atoms with Crippen molar-refractivity contribution in [1.82, 2.24) is 4.72 Å². The lowest BCUT2D eigenvalue weighted by atomic mass is 10.1. The van der Waals surface area contributed by atoms with Crippen molar-refractivity contribution in [3.63, 3.8) is 0 Å². The van der Waals surface area contributed by atoms with Crippen molar-refractivity contribution in [3.05, 3.63) is 24.0 Å². The van der Waals surface area contributed by atoms with E-state index < -0.39 is 45.1 Å². The molecule has 0 saturated carbocycles. The molecule has 1 atom stereocenters.